The van der Waals surface area contributed by atoms with Crippen molar-refractivity contribution in [3.8, 4) is 0 Å². The summed E-state index contributed by atoms with van der Waals surface area (Å²) >= 11 is 0. The minimum Gasteiger partial charge on any atom is -0.369 e. The van der Waals surface area contributed by atoms with Crippen molar-refractivity contribution in [2.24, 2.45) is 5.92 Å². The molecule has 2 aromatic rings. The number of piperidine rings is 1. The number of hydrogen-bond donors (Lipinski definition) is 0. The lowest BCUT2D eigenvalue weighted by molar-refractivity contribution is 0.177. The molecule has 5 rings (SSSR count). The Labute approximate surface area is 173 Å². The zero-order chi connectivity index (χ0) is 19.6. The van der Waals surface area contributed by atoms with Gasteiger partial charge in [-0.15, -0.1) is 0 Å². The van der Waals surface area contributed by atoms with Crippen molar-refractivity contribution >= 4 is 16.6 Å². The van der Waals surface area contributed by atoms with E-state index in [1.54, 1.807) is 10.9 Å². The molecule has 0 spiro atoms. The molecule has 1 saturated carbocycles. The first-order chi connectivity index (χ1) is 14.3. The van der Waals surface area contributed by atoms with Gasteiger partial charge in [0.2, 0.25) is 0 Å². The number of nitrogens with zero attached hydrogens (tertiary/aromatic N) is 5. The largest absolute Gasteiger partial charge is 0.369 e. The summed E-state index contributed by atoms with van der Waals surface area (Å²) < 4.78 is 1.79. The molecule has 156 valence electrons. The quantitative estimate of drug-likeness (QED) is 0.752. The van der Waals surface area contributed by atoms with Crippen molar-refractivity contribution < 1.29 is 0 Å². The van der Waals surface area contributed by atoms with Crippen molar-refractivity contribution in [2.45, 2.75) is 38.6 Å². The Balaban J connectivity index is 1.19. The first-order valence-electron chi connectivity index (χ1n) is 11.5. The molecule has 6 heteroatoms. The number of likely N-dealkylation sites (tertiary alicyclic amines) is 1. The second-order valence-electron chi connectivity index (χ2n) is 9.08. The smallest absolute Gasteiger partial charge is 0.261 e. The second-order valence-corrected chi connectivity index (χ2v) is 9.08. The van der Waals surface area contributed by atoms with Gasteiger partial charge < -0.3 is 9.80 Å². The van der Waals surface area contributed by atoms with Crippen molar-refractivity contribution in [1.82, 2.24) is 19.4 Å². The molecule has 0 unspecified atom stereocenters. The van der Waals surface area contributed by atoms with Gasteiger partial charge in [-0.05, 0) is 62.9 Å². The average Bonchev–Trinajstić information content (AvgIpc) is 3.59. The maximum absolute atomic E-state index is 12.7. The monoisotopic (exact) mass is 395 g/mol. The van der Waals surface area contributed by atoms with Gasteiger partial charge in [0.05, 0.1) is 17.2 Å². The third-order valence-corrected chi connectivity index (χ3v) is 6.88. The molecule has 0 atom stereocenters. The van der Waals surface area contributed by atoms with E-state index in [9.17, 15) is 4.79 Å². The van der Waals surface area contributed by atoms with Crippen LogP contribution in [-0.2, 0) is 6.54 Å². The first kappa shape index (κ1) is 19.1. The van der Waals surface area contributed by atoms with Crippen LogP contribution in [0.2, 0.25) is 0 Å². The predicted octanol–water partition coefficient (Wildman–Crippen LogP) is 2.41. The van der Waals surface area contributed by atoms with Gasteiger partial charge >= 0.3 is 0 Å². The van der Waals surface area contributed by atoms with Crippen LogP contribution in [0.25, 0.3) is 10.9 Å². The average molecular weight is 396 g/mol. The third kappa shape index (κ3) is 4.48. The van der Waals surface area contributed by atoms with E-state index in [1.807, 2.05) is 6.07 Å². The highest BCUT2D eigenvalue weighted by Gasteiger charge is 2.23. The Hall–Kier alpha value is -1.92. The Morgan fingerprint density at radius 3 is 2.34 bits per heavy atom. The number of anilines is 1. The van der Waals surface area contributed by atoms with Crippen molar-refractivity contribution in [1.29, 1.82) is 0 Å². The SMILES string of the molecule is O=c1c2ccc(N3CCN(CCN4CCCCC4)CC3)cc2ncn1CC1CC1. The number of benzene rings is 1. The van der Waals surface area contributed by atoms with E-state index in [2.05, 4.69) is 31.8 Å². The highest BCUT2D eigenvalue weighted by atomic mass is 16.1. The molecule has 2 saturated heterocycles. The van der Waals surface area contributed by atoms with E-state index in [0.717, 1.165) is 43.6 Å². The maximum atomic E-state index is 12.7. The van der Waals surface area contributed by atoms with Crippen LogP contribution in [0.1, 0.15) is 32.1 Å². The molecule has 0 amide bonds. The van der Waals surface area contributed by atoms with Crippen LogP contribution >= 0.6 is 0 Å². The van der Waals surface area contributed by atoms with Crippen LogP contribution in [0, 0.1) is 5.92 Å². The summed E-state index contributed by atoms with van der Waals surface area (Å²) in [6.45, 7) is 10.1. The minimum absolute atomic E-state index is 0.107. The molecule has 6 nitrogen and oxygen atoms in total. The van der Waals surface area contributed by atoms with Gasteiger partial charge in [0.15, 0.2) is 0 Å². The fourth-order valence-corrected chi connectivity index (χ4v) is 4.75. The predicted molar refractivity (Wildman–Crippen MR) is 118 cm³/mol. The molecule has 0 bridgehead atoms. The van der Waals surface area contributed by atoms with Crippen molar-refractivity contribution in [3.05, 3.63) is 34.9 Å². The summed E-state index contributed by atoms with van der Waals surface area (Å²) in [6, 6.07) is 6.18. The molecule has 2 aliphatic heterocycles. The highest BCUT2D eigenvalue weighted by molar-refractivity contribution is 5.81. The summed E-state index contributed by atoms with van der Waals surface area (Å²) in [7, 11) is 0. The third-order valence-electron chi connectivity index (χ3n) is 6.88. The van der Waals surface area contributed by atoms with Gasteiger partial charge in [0.1, 0.15) is 0 Å². The van der Waals surface area contributed by atoms with Gasteiger partial charge in [-0.25, -0.2) is 4.98 Å². The molecule has 1 aromatic heterocycles. The van der Waals surface area contributed by atoms with E-state index < -0.39 is 0 Å². The molecule has 3 aliphatic rings. The van der Waals surface area contributed by atoms with Gasteiger partial charge in [0.25, 0.3) is 5.56 Å². The molecule has 3 fully saturated rings. The molecule has 29 heavy (non-hydrogen) atoms. The maximum Gasteiger partial charge on any atom is 0.261 e. The van der Waals surface area contributed by atoms with E-state index >= 15 is 0 Å². The molecular weight excluding hydrogens is 362 g/mol. The summed E-state index contributed by atoms with van der Waals surface area (Å²) in [5.41, 5.74) is 2.13. The number of piperazine rings is 1. The summed E-state index contributed by atoms with van der Waals surface area (Å²) in [6.07, 6.45) is 8.38. The van der Waals surface area contributed by atoms with Gasteiger partial charge in [-0.1, -0.05) is 6.42 Å². The molecule has 1 aromatic carbocycles. The van der Waals surface area contributed by atoms with Gasteiger partial charge in [0, 0.05) is 51.5 Å². The van der Waals surface area contributed by atoms with Crippen LogP contribution in [0.15, 0.2) is 29.3 Å². The summed E-state index contributed by atoms with van der Waals surface area (Å²) in [5.74, 6) is 0.678. The van der Waals surface area contributed by atoms with Crippen LogP contribution in [0.4, 0.5) is 5.69 Å². The molecule has 1 aliphatic carbocycles. The molecule has 3 heterocycles. The normalized spacial score (nSPS) is 21.7. The minimum atomic E-state index is 0.107. The lowest BCUT2D eigenvalue weighted by Gasteiger charge is -2.37. The van der Waals surface area contributed by atoms with Gasteiger partial charge in [-0.2, -0.15) is 0 Å². The zero-order valence-corrected chi connectivity index (χ0v) is 17.4. The highest BCUT2D eigenvalue weighted by Crippen LogP contribution is 2.30. The zero-order valence-electron chi connectivity index (χ0n) is 17.4. The number of aromatic nitrogens is 2. The first-order valence-corrected chi connectivity index (χ1v) is 11.5. The van der Waals surface area contributed by atoms with Gasteiger partial charge in [-0.3, -0.25) is 14.3 Å². The van der Waals surface area contributed by atoms with Crippen LogP contribution in [-0.4, -0.2) is 71.7 Å². The summed E-state index contributed by atoms with van der Waals surface area (Å²) in [4.78, 5) is 25.0. The lowest BCUT2D eigenvalue weighted by atomic mass is 10.1. The molecule has 0 N–H and O–H groups in total. The van der Waals surface area contributed by atoms with Crippen LogP contribution in [0.5, 0.6) is 0 Å². The summed E-state index contributed by atoms with van der Waals surface area (Å²) in [5, 5.41) is 0.747. The van der Waals surface area contributed by atoms with E-state index in [4.69, 9.17) is 0 Å². The molecule has 0 radical (unpaired) electrons. The van der Waals surface area contributed by atoms with E-state index in [-0.39, 0.29) is 5.56 Å². The van der Waals surface area contributed by atoms with Crippen molar-refractivity contribution in [3.63, 3.8) is 0 Å². The molecular formula is C23H33N5O. The topological polar surface area (TPSA) is 44.6 Å². The van der Waals surface area contributed by atoms with Crippen LogP contribution in [0.3, 0.4) is 0 Å². The van der Waals surface area contributed by atoms with E-state index in [1.165, 1.54) is 64.0 Å². The Morgan fingerprint density at radius 1 is 0.897 bits per heavy atom. The fraction of sp³-hybridized carbons (Fsp3) is 0.652. The Kier molecular flexibility index (Phi) is 5.55. The van der Waals surface area contributed by atoms with Crippen molar-refractivity contribution in [2.75, 3.05) is 57.3 Å². The standard InChI is InChI=1S/C23H33N5O/c29-23-21-7-6-20(16-22(21)24-18-28(23)17-19-4-5-19)27-14-12-26(13-15-27)11-10-25-8-2-1-3-9-25/h6-7,16,18-19H,1-5,8-15,17H2. The van der Waals surface area contributed by atoms with Crippen LogP contribution < -0.4 is 10.5 Å². The number of fused-ring (bicyclic) bond motifs is 1. The lowest BCUT2D eigenvalue weighted by Crippen LogP contribution is -2.48. The Morgan fingerprint density at radius 2 is 1.62 bits per heavy atom. The van der Waals surface area contributed by atoms with E-state index in [0.29, 0.717) is 5.92 Å². The second kappa shape index (κ2) is 8.44. The number of hydrogen-bond acceptors (Lipinski definition) is 5. The Bertz CT molecular complexity index is 892. The number of rotatable bonds is 6. The fourth-order valence-electron chi connectivity index (χ4n) is 4.75.